The quantitative estimate of drug-likeness (QED) is 0.802. The summed E-state index contributed by atoms with van der Waals surface area (Å²) in [6, 6.07) is 8.12. The summed E-state index contributed by atoms with van der Waals surface area (Å²) in [7, 11) is 0. The molecule has 0 spiro atoms. The lowest BCUT2D eigenvalue weighted by molar-refractivity contribution is -0.123. The highest BCUT2D eigenvalue weighted by molar-refractivity contribution is 5.95. The number of hydrogen-bond acceptors (Lipinski definition) is 2. The van der Waals surface area contributed by atoms with E-state index in [0.717, 1.165) is 24.6 Å². The van der Waals surface area contributed by atoms with Gasteiger partial charge in [-0.1, -0.05) is 38.0 Å². The van der Waals surface area contributed by atoms with Crippen molar-refractivity contribution < 1.29 is 9.59 Å². The zero-order valence-electron chi connectivity index (χ0n) is 15.3. The van der Waals surface area contributed by atoms with Gasteiger partial charge < -0.3 is 10.2 Å². The fourth-order valence-electron chi connectivity index (χ4n) is 4.28. The molecule has 4 nitrogen and oxygen atoms in total. The Hall–Kier alpha value is -1.84. The third-order valence-corrected chi connectivity index (χ3v) is 5.60. The highest BCUT2D eigenvalue weighted by Gasteiger charge is 2.24. The van der Waals surface area contributed by atoms with Gasteiger partial charge in [-0.2, -0.15) is 0 Å². The van der Waals surface area contributed by atoms with E-state index in [2.05, 4.69) is 18.3 Å². The Bertz CT molecular complexity index is 614. The van der Waals surface area contributed by atoms with Crippen molar-refractivity contribution in [3.8, 4) is 0 Å². The lowest BCUT2D eigenvalue weighted by Gasteiger charge is -2.26. The van der Waals surface area contributed by atoms with Gasteiger partial charge >= 0.3 is 0 Å². The number of amides is 2. The van der Waals surface area contributed by atoms with Crippen LogP contribution in [0.5, 0.6) is 0 Å². The molecule has 0 radical (unpaired) electrons. The molecule has 2 amide bonds. The van der Waals surface area contributed by atoms with Crippen LogP contribution in [-0.2, 0) is 16.0 Å². The Balaban J connectivity index is 1.34. The van der Waals surface area contributed by atoms with Crippen molar-refractivity contribution in [2.45, 2.75) is 58.3 Å². The molecule has 0 aromatic heterocycles. The Kier molecular flexibility index (Phi) is 6.11. The summed E-state index contributed by atoms with van der Waals surface area (Å²) in [5.41, 5.74) is 2.31. The number of anilines is 1. The summed E-state index contributed by atoms with van der Waals surface area (Å²) < 4.78 is 0. The molecule has 2 aliphatic rings. The van der Waals surface area contributed by atoms with Crippen LogP contribution in [0.25, 0.3) is 0 Å². The highest BCUT2D eigenvalue weighted by atomic mass is 16.2. The van der Waals surface area contributed by atoms with Crippen molar-refractivity contribution in [1.82, 2.24) is 5.32 Å². The topological polar surface area (TPSA) is 49.4 Å². The number of carbonyl (C=O) groups is 2. The monoisotopic (exact) mass is 342 g/mol. The second-order valence-electron chi connectivity index (χ2n) is 7.72. The third kappa shape index (κ3) is 4.83. The molecule has 136 valence electrons. The minimum atomic E-state index is 0.151. The van der Waals surface area contributed by atoms with Gasteiger partial charge in [-0.3, -0.25) is 9.59 Å². The number of nitrogens with one attached hydrogen (secondary N) is 1. The third-order valence-electron chi connectivity index (χ3n) is 5.60. The van der Waals surface area contributed by atoms with Gasteiger partial charge in [-0.15, -0.1) is 0 Å². The van der Waals surface area contributed by atoms with E-state index in [9.17, 15) is 9.59 Å². The summed E-state index contributed by atoms with van der Waals surface area (Å²) in [6.45, 7) is 3.67. The van der Waals surface area contributed by atoms with Crippen LogP contribution >= 0.6 is 0 Å². The summed E-state index contributed by atoms with van der Waals surface area (Å²) >= 11 is 0. The molecule has 4 heteroatoms. The van der Waals surface area contributed by atoms with Gasteiger partial charge in [0.25, 0.3) is 0 Å². The van der Waals surface area contributed by atoms with Gasteiger partial charge in [0, 0.05) is 31.6 Å². The highest BCUT2D eigenvalue weighted by Crippen LogP contribution is 2.30. The second kappa shape index (κ2) is 8.50. The van der Waals surface area contributed by atoms with Gasteiger partial charge in [-0.05, 0) is 49.1 Å². The second-order valence-corrected chi connectivity index (χ2v) is 7.72. The first-order valence-electron chi connectivity index (χ1n) is 9.78. The molecule has 25 heavy (non-hydrogen) atoms. The van der Waals surface area contributed by atoms with Crippen LogP contribution in [0.1, 0.15) is 57.4 Å². The van der Waals surface area contributed by atoms with E-state index in [-0.39, 0.29) is 11.8 Å². The van der Waals surface area contributed by atoms with E-state index >= 15 is 0 Å². The maximum absolute atomic E-state index is 12.4. The van der Waals surface area contributed by atoms with Crippen LogP contribution in [0.3, 0.4) is 0 Å². The Morgan fingerprint density at radius 2 is 2.08 bits per heavy atom. The van der Waals surface area contributed by atoms with Gasteiger partial charge in [0.2, 0.25) is 11.8 Å². The molecule has 2 atom stereocenters. The standard InChI is InChI=1S/C21H30N2O2/c1-16-6-4-7-17(14-16)15-20(24)22-12-5-10-21(25)23-13-11-18-8-2-3-9-19(18)23/h2-3,8-9,16-17H,4-7,10-15H2,1H3,(H,22,24). The number of benzene rings is 1. The first kappa shape index (κ1) is 18.0. The molecule has 0 bridgehead atoms. The van der Waals surface area contributed by atoms with Crippen molar-refractivity contribution in [2.24, 2.45) is 11.8 Å². The van der Waals surface area contributed by atoms with E-state index in [1.54, 1.807) is 0 Å². The van der Waals surface area contributed by atoms with Crippen LogP contribution in [0, 0.1) is 11.8 Å². The van der Waals surface area contributed by atoms with E-state index in [4.69, 9.17) is 0 Å². The number of hydrogen-bond donors (Lipinski definition) is 1. The minimum Gasteiger partial charge on any atom is -0.356 e. The SMILES string of the molecule is CC1CCCC(CC(=O)NCCCC(=O)N2CCc3ccccc32)C1. The van der Waals surface area contributed by atoms with E-state index < -0.39 is 0 Å². The minimum absolute atomic E-state index is 0.151. The molecule has 1 aromatic carbocycles. The molecule has 1 N–H and O–H groups in total. The lowest BCUT2D eigenvalue weighted by Crippen LogP contribution is -2.31. The molecule has 2 unspecified atom stereocenters. The number of para-hydroxylation sites is 1. The first-order valence-corrected chi connectivity index (χ1v) is 9.78. The van der Waals surface area contributed by atoms with Crippen molar-refractivity contribution in [3.05, 3.63) is 29.8 Å². The predicted molar refractivity (Wildman–Crippen MR) is 100 cm³/mol. The number of carbonyl (C=O) groups excluding carboxylic acids is 2. The molecule has 1 aliphatic carbocycles. The normalized spacial score (nSPS) is 22.5. The number of nitrogens with zero attached hydrogens (tertiary/aromatic N) is 1. The summed E-state index contributed by atoms with van der Waals surface area (Å²) in [4.78, 5) is 26.4. The zero-order chi connectivity index (χ0) is 17.6. The molecule has 1 aliphatic heterocycles. The van der Waals surface area contributed by atoms with Crippen LogP contribution in [0.2, 0.25) is 0 Å². The maximum Gasteiger partial charge on any atom is 0.227 e. The average molecular weight is 342 g/mol. The van der Waals surface area contributed by atoms with Gasteiger partial charge in [-0.25, -0.2) is 0 Å². The number of fused-ring (bicyclic) bond motifs is 1. The van der Waals surface area contributed by atoms with E-state index in [1.807, 2.05) is 23.1 Å². The van der Waals surface area contributed by atoms with Crippen molar-refractivity contribution in [3.63, 3.8) is 0 Å². The summed E-state index contributed by atoms with van der Waals surface area (Å²) in [6.07, 6.45) is 7.73. The number of rotatable bonds is 6. The zero-order valence-corrected chi connectivity index (χ0v) is 15.3. The predicted octanol–water partition coefficient (Wildman–Crippen LogP) is 3.69. The van der Waals surface area contributed by atoms with Crippen LogP contribution in [0.15, 0.2) is 24.3 Å². The van der Waals surface area contributed by atoms with Gasteiger partial charge in [0.05, 0.1) is 0 Å². The fraction of sp³-hybridized carbons (Fsp3) is 0.619. The molecule has 0 saturated heterocycles. The van der Waals surface area contributed by atoms with Crippen LogP contribution < -0.4 is 10.2 Å². The summed E-state index contributed by atoms with van der Waals surface area (Å²) in [5.74, 6) is 1.62. The molecule has 3 rings (SSSR count). The van der Waals surface area contributed by atoms with Crippen LogP contribution in [-0.4, -0.2) is 24.9 Å². The van der Waals surface area contributed by atoms with Crippen molar-refractivity contribution in [1.29, 1.82) is 0 Å². The molecular weight excluding hydrogens is 312 g/mol. The first-order chi connectivity index (χ1) is 12.1. The van der Waals surface area contributed by atoms with E-state index in [0.29, 0.717) is 31.7 Å². The molecule has 1 fully saturated rings. The smallest absolute Gasteiger partial charge is 0.227 e. The Morgan fingerprint density at radius 1 is 1.24 bits per heavy atom. The fourth-order valence-corrected chi connectivity index (χ4v) is 4.28. The molecule has 1 saturated carbocycles. The molecule has 1 aromatic rings. The Morgan fingerprint density at radius 3 is 2.92 bits per heavy atom. The lowest BCUT2D eigenvalue weighted by atomic mass is 9.81. The van der Waals surface area contributed by atoms with Crippen molar-refractivity contribution in [2.75, 3.05) is 18.0 Å². The van der Waals surface area contributed by atoms with Crippen LogP contribution in [0.4, 0.5) is 5.69 Å². The maximum atomic E-state index is 12.4. The largest absolute Gasteiger partial charge is 0.356 e. The van der Waals surface area contributed by atoms with Gasteiger partial charge in [0.1, 0.15) is 0 Å². The molecular formula is C21H30N2O2. The average Bonchev–Trinajstić information content (AvgIpc) is 3.03. The van der Waals surface area contributed by atoms with Crippen molar-refractivity contribution >= 4 is 17.5 Å². The summed E-state index contributed by atoms with van der Waals surface area (Å²) in [5, 5.41) is 3.00. The van der Waals surface area contributed by atoms with Gasteiger partial charge in [0.15, 0.2) is 0 Å². The molecule has 1 heterocycles. The van der Waals surface area contributed by atoms with E-state index in [1.165, 1.54) is 31.2 Å². The Labute approximate surface area is 151 Å².